The van der Waals surface area contributed by atoms with Crippen molar-refractivity contribution in [3.63, 3.8) is 0 Å². The molecule has 2 aliphatic heterocycles. The summed E-state index contributed by atoms with van der Waals surface area (Å²) in [5.74, 6) is -2.47. The number of aliphatic imine (C=N–C) groups is 1. The number of guanidine groups is 1. The van der Waals surface area contributed by atoms with Gasteiger partial charge in [-0.05, 0) is 33.8 Å². The fourth-order valence-electron chi connectivity index (χ4n) is 4.04. The van der Waals surface area contributed by atoms with Crippen LogP contribution < -0.4 is 0 Å². The van der Waals surface area contributed by atoms with E-state index in [4.69, 9.17) is 4.74 Å². The minimum absolute atomic E-state index is 0.177. The molecule has 0 radical (unpaired) electrons. The van der Waals surface area contributed by atoms with Gasteiger partial charge in [-0.15, -0.1) is 0 Å². The second kappa shape index (κ2) is 7.01. The Morgan fingerprint density at radius 2 is 2.10 bits per heavy atom. The lowest BCUT2D eigenvalue weighted by Gasteiger charge is -2.44. The van der Waals surface area contributed by atoms with E-state index in [0.29, 0.717) is 0 Å². The first kappa shape index (κ1) is 21.6. The number of ether oxygens (including phenoxy) is 1. The predicted octanol–water partition coefficient (Wildman–Crippen LogP) is 2.57. The largest absolute Gasteiger partial charge is 0.465 e. The SMILES string of the molecule is C[C@H]1OC[C@]2(c3cc([N+](=O)[O-])ccc3F)N=C(N(C(=O)O)C(C)(C)C)N(C)C(=O)[C@H]12. The summed E-state index contributed by atoms with van der Waals surface area (Å²) in [4.78, 5) is 42.5. The number of nitro groups is 1. The number of carbonyl (C=O) groups excluding carboxylic acids is 1. The van der Waals surface area contributed by atoms with Crippen molar-refractivity contribution in [2.24, 2.45) is 10.9 Å². The molecule has 162 valence electrons. The summed E-state index contributed by atoms with van der Waals surface area (Å²) in [7, 11) is 1.39. The lowest BCUT2D eigenvalue weighted by Crippen LogP contribution is -2.62. The number of nitrogens with zero attached hydrogens (tertiary/aromatic N) is 4. The third-order valence-corrected chi connectivity index (χ3v) is 5.44. The van der Waals surface area contributed by atoms with Crippen LogP contribution in [0.15, 0.2) is 23.2 Å². The molecule has 1 fully saturated rings. The molecule has 3 atom stereocenters. The molecule has 2 aliphatic rings. The quantitative estimate of drug-likeness (QED) is 0.577. The van der Waals surface area contributed by atoms with Gasteiger partial charge in [0.15, 0.2) is 0 Å². The summed E-state index contributed by atoms with van der Waals surface area (Å²) in [5, 5.41) is 21.1. The van der Waals surface area contributed by atoms with Crippen molar-refractivity contribution in [3.8, 4) is 0 Å². The Labute approximate surface area is 172 Å². The average molecular weight is 422 g/mol. The van der Waals surface area contributed by atoms with Crippen molar-refractivity contribution in [1.29, 1.82) is 0 Å². The fraction of sp³-hybridized carbons (Fsp3) is 0.526. The number of rotatable bonds is 2. The van der Waals surface area contributed by atoms with E-state index in [1.54, 1.807) is 27.7 Å². The van der Waals surface area contributed by atoms with Crippen molar-refractivity contribution in [2.75, 3.05) is 13.7 Å². The highest BCUT2D eigenvalue weighted by molar-refractivity contribution is 6.06. The highest BCUT2D eigenvalue weighted by Gasteiger charge is 2.59. The van der Waals surface area contributed by atoms with Crippen LogP contribution in [0.2, 0.25) is 0 Å². The standard InChI is InChI=1S/C19H23FN4O6/c1-10-14-15(25)22(5)16(23(17(26)27)18(2,3)4)21-19(14,9-30-10)12-8-11(24(28)29)6-7-13(12)20/h6-8,10,14H,9H2,1-5H3,(H,26,27)/t10-,14+,19-/m1/s1. The second-order valence-corrected chi connectivity index (χ2v) is 8.44. The molecule has 1 saturated heterocycles. The van der Waals surface area contributed by atoms with Gasteiger partial charge in [0.05, 0.1) is 23.6 Å². The number of carboxylic acid groups (broad SMARTS) is 1. The van der Waals surface area contributed by atoms with E-state index in [2.05, 4.69) is 4.99 Å². The third kappa shape index (κ3) is 3.18. The summed E-state index contributed by atoms with van der Waals surface area (Å²) in [6.07, 6.45) is -2.00. The first-order valence-corrected chi connectivity index (χ1v) is 9.28. The molecule has 0 bridgehead atoms. The van der Waals surface area contributed by atoms with E-state index < -0.39 is 45.8 Å². The lowest BCUT2D eigenvalue weighted by molar-refractivity contribution is -0.385. The van der Waals surface area contributed by atoms with Gasteiger partial charge in [-0.3, -0.25) is 19.8 Å². The maximum atomic E-state index is 14.9. The molecule has 2 amide bonds. The summed E-state index contributed by atoms with van der Waals surface area (Å²) in [5.41, 5.74) is -3.15. The molecule has 0 aromatic heterocycles. The molecule has 0 aliphatic carbocycles. The van der Waals surface area contributed by atoms with Crippen LogP contribution in [0.3, 0.4) is 0 Å². The number of benzene rings is 1. The van der Waals surface area contributed by atoms with Crippen LogP contribution in [-0.2, 0) is 15.1 Å². The van der Waals surface area contributed by atoms with Crippen LogP contribution in [0.4, 0.5) is 14.9 Å². The number of carbonyl (C=O) groups is 2. The molecule has 1 aromatic rings. The van der Waals surface area contributed by atoms with E-state index in [9.17, 15) is 29.2 Å². The molecular weight excluding hydrogens is 399 g/mol. The number of fused-ring (bicyclic) bond motifs is 1. The maximum Gasteiger partial charge on any atom is 0.414 e. The minimum Gasteiger partial charge on any atom is -0.465 e. The van der Waals surface area contributed by atoms with Gasteiger partial charge in [0.2, 0.25) is 11.9 Å². The van der Waals surface area contributed by atoms with Crippen molar-refractivity contribution in [1.82, 2.24) is 9.80 Å². The molecule has 1 aromatic carbocycles. The molecule has 3 rings (SSSR count). The van der Waals surface area contributed by atoms with Crippen LogP contribution in [0, 0.1) is 21.8 Å². The zero-order chi connectivity index (χ0) is 22.6. The van der Waals surface area contributed by atoms with Gasteiger partial charge in [-0.25, -0.2) is 19.1 Å². The average Bonchev–Trinajstić information content (AvgIpc) is 2.95. The lowest BCUT2D eigenvalue weighted by atomic mass is 9.76. The fourth-order valence-corrected chi connectivity index (χ4v) is 4.04. The molecular formula is C19H23FN4O6. The van der Waals surface area contributed by atoms with E-state index >= 15 is 0 Å². The Bertz CT molecular complexity index is 959. The summed E-state index contributed by atoms with van der Waals surface area (Å²) in [6.45, 7) is 6.29. The molecule has 0 unspecified atom stereocenters. The molecule has 10 nitrogen and oxygen atoms in total. The number of nitro benzene ring substituents is 1. The van der Waals surface area contributed by atoms with Gasteiger partial charge in [-0.2, -0.15) is 0 Å². The number of halogens is 1. The molecule has 30 heavy (non-hydrogen) atoms. The van der Waals surface area contributed by atoms with Crippen LogP contribution in [0.25, 0.3) is 0 Å². The highest BCUT2D eigenvalue weighted by atomic mass is 19.1. The Balaban J connectivity index is 2.33. The Morgan fingerprint density at radius 1 is 1.47 bits per heavy atom. The van der Waals surface area contributed by atoms with Gasteiger partial charge < -0.3 is 9.84 Å². The van der Waals surface area contributed by atoms with Crippen molar-refractivity contribution in [3.05, 3.63) is 39.7 Å². The topological polar surface area (TPSA) is 126 Å². The van der Waals surface area contributed by atoms with Crippen molar-refractivity contribution >= 4 is 23.6 Å². The van der Waals surface area contributed by atoms with Gasteiger partial charge >= 0.3 is 6.09 Å². The van der Waals surface area contributed by atoms with Gasteiger partial charge in [0.25, 0.3) is 5.69 Å². The number of hydrogen-bond acceptors (Lipinski definition) is 6. The zero-order valence-electron chi connectivity index (χ0n) is 17.2. The normalized spacial score (nSPS) is 26.3. The van der Waals surface area contributed by atoms with Gasteiger partial charge in [0, 0.05) is 30.3 Å². The Kier molecular flexibility index (Phi) is 5.05. The molecule has 11 heteroatoms. The van der Waals surface area contributed by atoms with Crippen molar-refractivity contribution < 1.29 is 28.7 Å². The second-order valence-electron chi connectivity index (χ2n) is 8.44. The number of non-ortho nitro benzene ring substituents is 1. The number of amides is 2. The highest BCUT2D eigenvalue weighted by Crippen LogP contribution is 2.48. The Hall–Kier alpha value is -3.08. The maximum absolute atomic E-state index is 14.9. The van der Waals surface area contributed by atoms with Gasteiger partial charge in [-0.1, -0.05) is 0 Å². The molecule has 0 spiro atoms. The van der Waals surface area contributed by atoms with Crippen LogP contribution in [0.5, 0.6) is 0 Å². The molecule has 1 N–H and O–H groups in total. The smallest absolute Gasteiger partial charge is 0.414 e. The van der Waals surface area contributed by atoms with E-state index in [-0.39, 0.29) is 23.8 Å². The van der Waals surface area contributed by atoms with Gasteiger partial charge in [0.1, 0.15) is 11.4 Å². The molecule has 0 saturated carbocycles. The van der Waals surface area contributed by atoms with Crippen LogP contribution in [0.1, 0.15) is 33.3 Å². The summed E-state index contributed by atoms with van der Waals surface area (Å²) >= 11 is 0. The summed E-state index contributed by atoms with van der Waals surface area (Å²) in [6, 6.07) is 2.99. The first-order chi connectivity index (χ1) is 13.8. The number of hydrogen-bond donors (Lipinski definition) is 1. The Morgan fingerprint density at radius 3 is 2.63 bits per heavy atom. The third-order valence-electron chi connectivity index (χ3n) is 5.44. The van der Waals surface area contributed by atoms with E-state index in [1.807, 2.05) is 0 Å². The summed E-state index contributed by atoms with van der Waals surface area (Å²) < 4.78 is 20.6. The monoisotopic (exact) mass is 422 g/mol. The van der Waals surface area contributed by atoms with E-state index in [1.165, 1.54) is 7.05 Å². The minimum atomic E-state index is -1.63. The van der Waals surface area contributed by atoms with E-state index in [0.717, 1.165) is 28.0 Å². The van der Waals surface area contributed by atoms with Crippen molar-refractivity contribution in [2.45, 2.75) is 44.9 Å². The zero-order valence-corrected chi connectivity index (χ0v) is 17.2. The first-order valence-electron chi connectivity index (χ1n) is 9.28. The molecule has 2 heterocycles. The predicted molar refractivity (Wildman–Crippen MR) is 103 cm³/mol. The van der Waals surface area contributed by atoms with Crippen LogP contribution >= 0.6 is 0 Å². The van der Waals surface area contributed by atoms with Crippen LogP contribution in [-0.4, -0.2) is 63.1 Å².